The van der Waals surface area contributed by atoms with Crippen molar-refractivity contribution in [1.82, 2.24) is 10.3 Å². The normalized spacial score (nSPS) is 11.6. The van der Waals surface area contributed by atoms with Gasteiger partial charge in [0.25, 0.3) is 0 Å². The molecule has 0 amide bonds. The summed E-state index contributed by atoms with van der Waals surface area (Å²) in [5.41, 5.74) is 2.34. The number of nitrogens with zero attached hydrogens (tertiary/aromatic N) is 2. The molecule has 0 saturated carbocycles. The Morgan fingerprint density at radius 1 is 1.31 bits per heavy atom. The molecular formula is C21H28Cl3N3O2. The van der Waals surface area contributed by atoms with E-state index >= 15 is 0 Å². The first-order valence-corrected chi connectivity index (χ1v) is 9.40. The number of aryl methyl sites for hydroxylation is 1. The SMILES string of the molecule is CCc1ccnc(CC(C)(C)NC[C@@H](O)COc2cccc(Cl)c2C#N)c1.Cl.Cl. The quantitative estimate of drug-likeness (QED) is 0.581. The zero-order valence-corrected chi connectivity index (χ0v) is 19.2. The molecule has 1 aromatic carbocycles. The van der Waals surface area contributed by atoms with E-state index < -0.39 is 6.10 Å². The molecule has 5 nitrogen and oxygen atoms in total. The third kappa shape index (κ3) is 8.77. The van der Waals surface area contributed by atoms with Crippen LogP contribution in [-0.4, -0.2) is 34.9 Å². The lowest BCUT2D eigenvalue weighted by Gasteiger charge is -2.27. The lowest BCUT2D eigenvalue weighted by Crippen LogP contribution is -2.46. The Labute approximate surface area is 190 Å². The number of hydrogen-bond acceptors (Lipinski definition) is 5. The second kappa shape index (κ2) is 12.9. The molecule has 0 aliphatic heterocycles. The molecule has 0 aliphatic carbocycles. The Hall–Kier alpha value is -1.55. The number of aromatic nitrogens is 1. The van der Waals surface area contributed by atoms with Crippen molar-refractivity contribution in [3.05, 3.63) is 58.4 Å². The van der Waals surface area contributed by atoms with E-state index in [4.69, 9.17) is 21.6 Å². The summed E-state index contributed by atoms with van der Waals surface area (Å²) in [5, 5.41) is 23.1. The number of hydrogen-bond donors (Lipinski definition) is 2. The minimum Gasteiger partial charge on any atom is -0.489 e. The van der Waals surface area contributed by atoms with Crippen LogP contribution in [0.2, 0.25) is 5.02 Å². The van der Waals surface area contributed by atoms with Gasteiger partial charge in [-0.05, 0) is 50.1 Å². The van der Waals surface area contributed by atoms with Gasteiger partial charge in [0, 0.05) is 30.4 Å². The molecule has 0 unspecified atom stereocenters. The zero-order chi connectivity index (χ0) is 19.9. The van der Waals surface area contributed by atoms with Crippen molar-refractivity contribution in [3.8, 4) is 11.8 Å². The summed E-state index contributed by atoms with van der Waals surface area (Å²) in [6.45, 7) is 6.71. The maximum Gasteiger partial charge on any atom is 0.138 e. The lowest BCUT2D eigenvalue weighted by molar-refractivity contribution is 0.0986. The van der Waals surface area contributed by atoms with Crippen LogP contribution in [0.25, 0.3) is 0 Å². The maximum absolute atomic E-state index is 10.2. The van der Waals surface area contributed by atoms with Crippen LogP contribution < -0.4 is 10.1 Å². The summed E-state index contributed by atoms with van der Waals surface area (Å²) < 4.78 is 5.58. The second-order valence-electron chi connectivity index (χ2n) is 7.14. The van der Waals surface area contributed by atoms with Crippen molar-refractivity contribution < 1.29 is 9.84 Å². The highest BCUT2D eigenvalue weighted by atomic mass is 35.5. The van der Waals surface area contributed by atoms with E-state index in [0.717, 1.165) is 18.5 Å². The Kier molecular flexibility index (Phi) is 12.2. The van der Waals surface area contributed by atoms with Crippen LogP contribution in [0.3, 0.4) is 0 Å². The number of nitrogens with one attached hydrogen (secondary N) is 1. The van der Waals surface area contributed by atoms with Gasteiger partial charge in [-0.15, -0.1) is 24.8 Å². The van der Waals surface area contributed by atoms with E-state index in [-0.39, 0.29) is 42.5 Å². The van der Waals surface area contributed by atoms with Crippen molar-refractivity contribution in [3.63, 3.8) is 0 Å². The van der Waals surface area contributed by atoms with Crippen LogP contribution in [0.1, 0.15) is 37.6 Å². The predicted molar refractivity (Wildman–Crippen MR) is 122 cm³/mol. The van der Waals surface area contributed by atoms with Crippen LogP contribution in [0.5, 0.6) is 5.75 Å². The van der Waals surface area contributed by atoms with Crippen LogP contribution in [0.15, 0.2) is 36.5 Å². The van der Waals surface area contributed by atoms with Gasteiger partial charge >= 0.3 is 0 Å². The van der Waals surface area contributed by atoms with Crippen molar-refractivity contribution in [2.45, 2.75) is 45.3 Å². The van der Waals surface area contributed by atoms with E-state index in [1.165, 1.54) is 5.56 Å². The Balaban J connectivity index is 0.00000392. The fraction of sp³-hybridized carbons (Fsp3) is 0.429. The molecule has 0 fully saturated rings. The van der Waals surface area contributed by atoms with Crippen LogP contribution in [0, 0.1) is 11.3 Å². The van der Waals surface area contributed by atoms with Crippen LogP contribution >= 0.6 is 36.4 Å². The average Bonchev–Trinajstić information content (AvgIpc) is 2.64. The second-order valence-corrected chi connectivity index (χ2v) is 7.55. The Bertz CT molecular complexity index is 810. The summed E-state index contributed by atoms with van der Waals surface area (Å²) >= 11 is 5.98. The fourth-order valence-electron chi connectivity index (χ4n) is 2.73. The standard InChI is InChI=1S/C21H26ClN3O2.2ClH/c1-4-15-8-9-24-16(10-15)11-21(2,3)25-13-17(26)14-27-20-7-5-6-19(22)18(20)12-23;;/h5-10,17,25-26H,4,11,13-14H2,1-3H3;2*1H/t17-;;/m1../s1. The van der Waals surface area contributed by atoms with Gasteiger partial charge in [-0.25, -0.2) is 0 Å². The summed E-state index contributed by atoms with van der Waals surface area (Å²) in [6.07, 6.45) is 2.85. The van der Waals surface area contributed by atoms with Gasteiger partial charge in [-0.1, -0.05) is 24.6 Å². The highest BCUT2D eigenvalue weighted by Crippen LogP contribution is 2.25. The van der Waals surface area contributed by atoms with E-state index in [0.29, 0.717) is 17.3 Å². The minimum absolute atomic E-state index is 0. The molecule has 1 atom stereocenters. The van der Waals surface area contributed by atoms with Crippen molar-refractivity contribution >= 4 is 36.4 Å². The summed E-state index contributed by atoms with van der Waals surface area (Å²) in [5.74, 6) is 0.379. The number of aliphatic hydroxyl groups excluding tert-OH is 1. The number of pyridine rings is 1. The third-order valence-electron chi connectivity index (χ3n) is 4.25. The summed E-state index contributed by atoms with van der Waals surface area (Å²) in [7, 11) is 0. The van der Waals surface area contributed by atoms with E-state index in [1.807, 2.05) is 18.3 Å². The molecule has 29 heavy (non-hydrogen) atoms. The van der Waals surface area contributed by atoms with Gasteiger partial charge < -0.3 is 15.2 Å². The number of rotatable bonds is 9. The van der Waals surface area contributed by atoms with Gasteiger partial charge in [-0.3, -0.25) is 4.98 Å². The van der Waals surface area contributed by atoms with Crippen LogP contribution in [-0.2, 0) is 12.8 Å². The van der Waals surface area contributed by atoms with E-state index in [9.17, 15) is 5.11 Å². The highest BCUT2D eigenvalue weighted by molar-refractivity contribution is 6.31. The smallest absolute Gasteiger partial charge is 0.138 e. The van der Waals surface area contributed by atoms with Gasteiger partial charge in [0.1, 0.15) is 30.1 Å². The molecule has 1 aromatic heterocycles. The number of halogens is 3. The number of ether oxygens (including phenoxy) is 1. The van der Waals surface area contributed by atoms with Crippen molar-refractivity contribution in [2.75, 3.05) is 13.2 Å². The van der Waals surface area contributed by atoms with Gasteiger partial charge in [0.15, 0.2) is 0 Å². The molecule has 1 heterocycles. The fourth-order valence-corrected chi connectivity index (χ4v) is 2.94. The third-order valence-corrected chi connectivity index (χ3v) is 4.56. The van der Waals surface area contributed by atoms with Crippen molar-refractivity contribution in [2.24, 2.45) is 0 Å². The van der Waals surface area contributed by atoms with Crippen molar-refractivity contribution in [1.29, 1.82) is 5.26 Å². The van der Waals surface area contributed by atoms with Crippen LogP contribution in [0.4, 0.5) is 0 Å². The maximum atomic E-state index is 10.2. The Morgan fingerprint density at radius 3 is 2.69 bits per heavy atom. The molecule has 0 aliphatic rings. The first kappa shape index (κ1) is 27.5. The molecule has 0 radical (unpaired) electrons. The average molecular weight is 461 g/mol. The molecular weight excluding hydrogens is 433 g/mol. The van der Waals surface area contributed by atoms with E-state index in [1.54, 1.807) is 18.2 Å². The van der Waals surface area contributed by atoms with Gasteiger partial charge in [0.2, 0.25) is 0 Å². The number of aliphatic hydroxyl groups is 1. The zero-order valence-electron chi connectivity index (χ0n) is 16.8. The first-order chi connectivity index (χ1) is 12.8. The molecule has 8 heteroatoms. The van der Waals surface area contributed by atoms with Gasteiger partial charge in [0.05, 0.1) is 5.02 Å². The minimum atomic E-state index is -0.718. The summed E-state index contributed by atoms with van der Waals surface area (Å²) in [4.78, 5) is 4.43. The number of benzene rings is 1. The Morgan fingerprint density at radius 2 is 2.03 bits per heavy atom. The largest absolute Gasteiger partial charge is 0.489 e. The van der Waals surface area contributed by atoms with E-state index in [2.05, 4.69) is 37.1 Å². The highest BCUT2D eigenvalue weighted by Gasteiger charge is 2.20. The lowest BCUT2D eigenvalue weighted by atomic mass is 9.96. The molecule has 0 saturated heterocycles. The topological polar surface area (TPSA) is 78.2 Å². The first-order valence-electron chi connectivity index (χ1n) is 9.03. The predicted octanol–water partition coefficient (Wildman–Crippen LogP) is 4.36. The monoisotopic (exact) mass is 459 g/mol. The molecule has 2 aromatic rings. The molecule has 160 valence electrons. The summed E-state index contributed by atoms with van der Waals surface area (Å²) in [6, 6.07) is 11.2. The molecule has 2 rings (SSSR count). The molecule has 2 N–H and O–H groups in total. The molecule has 0 spiro atoms. The number of nitriles is 1. The van der Waals surface area contributed by atoms with Gasteiger partial charge in [-0.2, -0.15) is 5.26 Å². The number of β-amino-alcohol motifs (C(OH)–C–C–N with tert-alkyl or cyclic N) is 1. The molecule has 0 bridgehead atoms.